The molecule has 2 amide bonds. The summed E-state index contributed by atoms with van der Waals surface area (Å²) in [6.07, 6.45) is 0.285. The van der Waals surface area contributed by atoms with Gasteiger partial charge in [-0.25, -0.2) is 8.78 Å². The van der Waals surface area contributed by atoms with Gasteiger partial charge in [0.1, 0.15) is 23.9 Å². The number of likely N-dealkylation sites (N-methyl/N-ethyl adjacent to an activating group) is 1. The van der Waals surface area contributed by atoms with E-state index in [0.29, 0.717) is 11.3 Å². The predicted molar refractivity (Wildman–Crippen MR) is 163 cm³/mol. The van der Waals surface area contributed by atoms with E-state index in [-0.39, 0.29) is 37.7 Å². The average molecular weight is 650 g/mol. The van der Waals surface area contributed by atoms with Crippen LogP contribution in [-0.4, -0.2) is 66.3 Å². The number of alkyl halides is 3. The number of aryl methyl sites for hydroxylation is 1. The third-order valence-corrected chi connectivity index (χ3v) is 8.22. The molecule has 1 aliphatic rings. The highest BCUT2D eigenvalue weighted by Gasteiger charge is 2.35. The quantitative estimate of drug-likeness (QED) is 0.238. The van der Waals surface area contributed by atoms with Crippen LogP contribution in [0.1, 0.15) is 49.1 Å². The number of amides is 2. The fourth-order valence-corrected chi connectivity index (χ4v) is 5.87. The standard InChI is InChI=1S/C33H40F5N5O3/c1-22-13-30(33(36,37)38)40-43(22)21-32(45)42(18-23-7-5-4-6-8-23)20-31(44)39-27(16-24-14-25(34)17-26(35)15-24)19-41(2)28-9-11-29(46-3)12-10-28/h9-15,17,23,27H,4-8,16,18-21H2,1-3H3,(H,39,44)/t27-/m0/s1. The number of carbonyl (C=O) groups is 2. The number of aromatic nitrogens is 2. The normalized spacial score (nSPS) is 14.5. The lowest BCUT2D eigenvalue weighted by Crippen LogP contribution is -2.50. The largest absolute Gasteiger partial charge is 0.497 e. The zero-order chi connectivity index (χ0) is 33.4. The first kappa shape index (κ1) is 34.7. The Balaban J connectivity index is 1.52. The third kappa shape index (κ3) is 9.92. The van der Waals surface area contributed by atoms with Crippen LogP contribution in [0.2, 0.25) is 0 Å². The molecule has 0 unspecified atom stereocenters. The van der Waals surface area contributed by atoms with Gasteiger partial charge in [-0.2, -0.15) is 18.3 Å². The van der Waals surface area contributed by atoms with Crippen LogP contribution in [-0.2, 0) is 28.7 Å². The van der Waals surface area contributed by atoms with Crippen molar-refractivity contribution in [3.05, 3.63) is 77.1 Å². The predicted octanol–water partition coefficient (Wildman–Crippen LogP) is 5.77. The number of hydrogen-bond donors (Lipinski definition) is 1. The molecule has 1 aromatic heterocycles. The summed E-state index contributed by atoms with van der Waals surface area (Å²) in [6, 6.07) is 10.7. The molecule has 8 nitrogen and oxygen atoms in total. The summed E-state index contributed by atoms with van der Waals surface area (Å²) < 4.78 is 74.0. The van der Waals surface area contributed by atoms with Gasteiger partial charge in [-0.1, -0.05) is 19.3 Å². The molecule has 4 rings (SSSR count). The number of halogens is 5. The second kappa shape index (κ2) is 15.4. The first-order valence-corrected chi connectivity index (χ1v) is 15.3. The molecule has 0 aliphatic heterocycles. The number of anilines is 1. The van der Waals surface area contributed by atoms with E-state index in [2.05, 4.69) is 10.4 Å². The fraction of sp³-hybridized carbons (Fsp3) is 0.485. The van der Waals surface area contributed by atoms with Gasteiger partial charge in [-0.15, -0.1) is 0 Å². The number of ether oxygens (including phenoxy) is 1. The minimum Gasteiger partial charge on any atom is -0.497 e. The SMILES string of the molecule is COc1ccc(N(C)C[C@H](Cc2cc(F)cc(F)c2)NC(=O)CN(CC2CCCCC2)C(=O)Cn2nc(C(F)(F)F)cc2C)cc1. The molecule has 2 aromatic carbocycles. The molecule has 0 bridgehead atoms. The molecule has 1 aliphatic carbocycles. The van der Waals surface area contributed by atoms with Gasteiger partial charge in [0.2, 0.25) is 11.8 Å². The average Bonchev–Trinajstić information content (AvgIpc) is 3.37. The second-order valence-electron chi connectivity index (χ2n) is 11.9. The maximum Gasteiger partial charge on any atom is 0.435 e. The number of methoxy groups -OCH3 is 1. The number of nitrogens with one attached hydrogen (secondary N) is 1. The van der Waals surface area contributed by atoms with Crippen molar-refractivity contribution in [2.75, 3.05) is 38.7 Å². The highest BCUT2D eigenvalue weighted by Crippen LogP contribution is 2.29. The van der Waals surface area contributed by atoms with Gasteiger partial charge >= 0.3 is 6.18 Å². The summed E-state index contributed by atoms with van der Waals surface area (Å²) in [5.74, 6) is -1.69. The molecule has 0 spiro atoms. The summed E-state index contributed by atoms with van der Waals surface area (Å²) in [7, 11) is 3.37. The number of benzene rings is 2. The van der Waals surface area contributed by atoms with Gasteiger partial charge in [0.15, 0.2) is 5.69 Å². The minimum atomic E-state index is -4.65. The van der Waals surface area contributed by atoms with Gasteiger partial charge < -0.3 is 19.9 Å². The van der Waals surface area contributed by atoms with Crippen molar-refractivity contribution in [1.82, 2.24) is 20.0 Å². The van der Waals surface area contributed by atoms with Crippen LogP contribution in [0, 0.1) is 24.5 Å². The lowest BCUT2D eigenvalue weighted by atomic mass is 9.89. The van der Waals surface area contributed by atoms with Crippen LogP contribution in [0.5, 0.6) is 5.75 Å². The summed E-state index contributed by atoms with van der Waals surface area (Å²) in [5, 5.41) is 6.51. The first-order chi connectivity index (χ1) is 21.8. The van der Waals surface area contributed by atoms with Crippen molar-refractivity contribution in [1.29, 1.82) is 0 Å². The lowest BCUT2D eigenvalue weighted by Gasteiger charge is -2.31. The van der Waals surface area contributed by atoms with E-state index in [4.69, 9.17) is 4.74 Å². The van der Waals surface area contributed by atoms with Gasteiger partial charge in [-0.3, -0.25) is 14.3 Å². The number of carbonyl (C=O) groups excluding carboxylic acids is 2. The molecule has 1 fully saturated rings. The van der Waals surface area contributed by atoms with Crippen molar-refractivity contribution in [2.24, 2.45) is 5.92 Å². The molecular formula is C33H40F5N5O3. The third-order valence-electron chi connectivity index (χ3n) is 8.22. The van der Waals surface area contributed by atoms with Crippen molar-refractivity contribution in [3.63, 3.8) is 0 Å². The minimum absolute atomic E-state index is 0.101. The van der Waals surface area contributed by atoms with Gasteiger partial charge in [0.05, 0.1) is 19.7 Å². The number of rotatable bonds is 13. The Labute approximate surface area is 265 Å². The molecule has 1 heterocycles. The number of nitrogens with zero attached hydrogens (tertiary/aromatic N) is 4. The summed E-state index contributed by atoms with van der Waals surface area (Å²) in [5.41, 5.74) is 0.238. The molecule has 13 heteroatoms. The van der Waals surface area contributed by atoms with Crippen LogP contribution < -0.4 is 15.0 Å². The van der Waals surface area contributed by atoms with Gasteiger partial charge in [0.25, 0.3) is 0 Å². The van der Waals surface area contributed by atoms with Crippen molar-refractivity contribution >= 4 is 17.5 Å². The van der Waals surface area contributed by atoms with Crippen LogP contribution in [0.15, 0.2) is 48.5 Å². The summed E-state index contributed by atoms with van der Waals surface area (Å²) >= 11 is 0. The Morgan fingerprint density at radius 2 is 1.70 bits per heavy atom. The van der Waals surface area contributed by atoms with Gasteiger partial charge in [-0.05, 0) is 80.1 Å². The van der Waals surface area contributed by atoms with E-state index in [1.165, 1.54) is 24.0 Å². The summed E-state index contributed by atoms with van der Waals surface area (Å²) in [6.45, 7) is 1.20. The Morgan fingerprint density at radius 1 is 1.04 bits per heavy atom. The Morgan fingerprint density at radius 3 is 2.28 bits per heavy atom. The number of hydrogen-bond acceptors (Lipinski definition) is 5. The van der Waals surface area contributed by atoms with E-state index in [1.807, 2.05) is 24.1 Å². The highest BCUT2D eigenvalue weighted by atomic mass is 19.4. The maximum absolute atomic E-state index is 14.0. The molecule has 1 saturated carbocycles. The second-order valence-corrected chi connectivity index (χ2v) is 11.9. The topological polar surface area (TPSA) is 79.7 Å². The molecule has 250 valence electrons. The van der Waals surface area contributed by atoms with Crippen LogP contribution >= 0.6 is 0 Å². The van der Waals surface area contributed by atoms with Crippen molar-refractivity contribution in [2.45, 2.75) is 64.2 Å². The Hall–Kier alpha value is -4.16. The van der Waals surface area contributed by atoms with Gasteiger partial charge in [0, 0.05) is 37.6 Å². The first-order valence-electron chi connectivity index (χ1n) is 15.3. The van der Waals surface area contributed by atoms with Crippen molar-refractivity contribution < 1.29 is 36.3 Å². The Kier molecular flexibility index (Phi) is 11.6. The van der Waals surface area contributed by atoms with E-state index >= 15 is 0 Å². The lowest BCUT2D eigenvalue weighted by molar-refractivity contribution is -0.142. The monoisotopic (exact) mass is 649 g/mol. The maximum atomic E-state index is 14.0. The molecule has 1 atom stereocenters. The van der Waals surface area contributed by atoms with E-state index in [0.717, 1.165) is 54.6 Å². The Bertz CT molecular complexity index is 1450. The highest BCUT2D eigenvalue weighted by molar-refractivity contribution is 5.85. The molecule has 0 saturated heterocycles. The van der Waals surface area contributed by atoms with Crippen LogP contribution in [0.25, 0.3) is 0 Å². The van der Waals surface area contributed by atoms with E-state index in [9.17, 15) is 31.5 Å². The van der Waals surface area contributed by atoms with E-state index < -0.39 is 47.9 Å². The molecule has 0 radical (unpaired) electrons. The van der Waals surface area contributed by atoms with E-state index in [1.54, 1.807) is 19.2 Å². The molecule has 3 aromatic rings. The fourth-order valence-electron chi connectivity index (χ4n) is 5.87. The van der Waals surface area contributed by atoms with Crippen molar-refractivity contribution in [3.8, 4) is 5.75 Å². The molecule has 46 heavy (non-hydrogen) atoms. The zero-order valence-corrected chi connectivity index (χ0v) is 26.2. The smallest absolute Gasteiger partial charge is 0.435 e. The van der Waals surface area contributed by atoms with Crippen LogP contribution in [0.3, 0.4) is 0 Å². The van der Waals surface area contributed by atoms with Crippen LogP contribution in [0.4, 0.5) is 27.6 Å². The zero-order valence-electron chi connectivity index (χ0n) is 26.2. The molecule has 1 N–H and O–H groups in total. The molecular weight excluding hydrogens is 609 g/mol. The summed E-state index contributed by atoms with van der Waals surface area (Å²) in [4.78, 5) is 30.3.